The topological polar surface area (TPSA) is 29.5 Å². The Hall–Kier alpha value is -1.35. The van der Waals surface area contributed by atoms with Gasteiger partial charge in [-0.15, -0.1) is 0 Å². The Kier molecular flexibility index (Phi) is 2.44. The molecule has 0 aromatic heterocycles. The molecule has 0 spiro atoms. The maximum Gasteiger partial charge on any atom is 0.306 e. The lowest BCUT2D eigenvalue weighted by Gasteiger charge is -2.40. The molecule has 98 valence electrons. The van der Waals surface area contributed by atoms with Crippen LogP contribution in [0.15, 0.2) is 30.2 Å². The summed E-state index contributed by atoms with van der Waals surface area (Å²) in [7, 11) is 1.94. The molecule has 18 heavy (non-hydrogen) atoms. The lowest BCUT2D eigenvalue weighted by atomic mass is 9.84. The molecule has 2 rings (SSSR count). The number of rotatable bonds is 3. The van der Waals surface area contributed by atoms with Crippen molar-refractivity contribution in [3.05, 3.63) is 35.8 Å². The van der Waals surface area contributed by atoms with E-state index in [0.29, 0.717) is 25.9 Å². The second-order valence-electron chi connectivity index (χ2n) is 4.63. The van der Waals surface area contributed by atoms with E-state index in [-0.39, 0.29) is 24.1 Å². The van der Waals surface area contributed by atoms with Crippen molar-refractivity contribution in [2.24, 2.45) is 0 Å². The maximum absolute atomic E-state index is 11.9. The number of hydrogen-bond donors (Lipinski definition) is 0. The Balaban J connectivity index is 2.63. The van der Waals surface area contributed by atoms with Gasteiger partial charge in [0.25, 0.3) is 0 Å². The largest absolute Gasteiger partial charge is 0.454 e. The van der Waals surface area contributed by atoms with E-state index in [1.54, 1.807) is 6.92 Å². The summed E-state index contributed by atoms with van der Waals surface area (Å²) in [6, 6.07) is -1.80. The van der Waals surface area contributed by atoms with Gasteiger partial charge in [0.15, 0.2) is 0 Å². The Labute approximate surface area is 116 Å². The van der Waals surface area contributed by atoms with Crippen molar-refractivity contribution in [2.45, 2.75) is 31.8 Å². The van der Waals surface area contributed by atoms with E-state index in [9.17, 15) is 4.79 Å². The fourth-order valence-corrected chi connectivity index (χ4v) is 2.15. The third-order valence-corrected chi connectivity index (χ3v) is 3.35. The minimum atomic E-state index is -1.16. The normalized spacial score (nSPS) is 23.3. The highest BCUT2D eigenvalue weighted by Gasteiger charge is 2.38. The zero-order valence-corrected chi connectivity index (χ0v) is 10.8. The molecule has 1 aliphatic rings. The standard InChI is InChI=1S/C15H21NO2/c1-3-14(17)18-15(9-11-16(2)12-10-15)13-7-5-4-6-8-13/h4-8H,3,9-12H2,1-2H3/i4D,5D,6D,7D,8D. The molecular weight excluding hydrogens is 226 g/mol. The first-order valence-corrected chi connectivity index (χ1v) is 6.21. The van der Waals surface area contributed by atoms with Gasteiger partial charge < -0.3 is 9.64 Å². The van der Waals surface area contributed by atoms with Gasteiger partial charge in [0.1, 0.15) is 5.60 Å². The molecule has 1 fully saturated rings. The molecule has 1 saturated heterocycles. The summed E-state index contributed by atoms with van der Waals surface area (Å²) in [4.78, 5) is 14.0. The van der Waals surface area contributed by atoms with Gasteiger partial charge >= 0.3 is 5.97 Å². The van der Waals surface area contributed by atoms with E-state index < -0.39 is 29.7 Å². The molecule has 0 unspecified atom stereocenters. The summed E-state index contributed by atoms with van der Waals surface area (Å²) in [6.45, 7) is 2.92. The Morgan fingerprint density at radius 2 is 2.00 bits per heavy atom. The van der Waals surface area contributed by atoms with Crippen LogP contribution in [0.4, 0.5) is 0 Å². The van der Waals surface area contributed by atoms with Crippen molar-refractivity contribution in [1.29, 1.82) is 0 Å². The Bertz CT molecular complexity index is 598. The first kappa shape index (κ1) is 7.95. The highest BCUT2D eigenvalue weighted by molar-refractivity contribution is 5.69. The quantitative estimate of drug-likeness (QED) is 0.774. The van der Waals surface area contributed by atoms with Crippen molar-refractivity contribution in [3.63, 3.8) is 0 Å². The predicted octanol–water partition coefficient (Wildman–Crippen LogP) is 2.56. The third-order valence-electron chi connectivity index (χ3n) is 3.35. The second-order valence-corrected chi connectivity index (χ2v) is 4.63. The summed E-state index contributed by atoms with van der Waals surface area (Å²) in [5.41, 5.74) is -1.06. The zero-order chi connectivity index (χ0) is 17.4. The van der Waals surface area contributed by atoms with Crippen LogP contribution in [0.25, 0.3) is 0 Å². The van der Waals surface area contributed by atoms with E-state index in [2.05, 4.69) is 4.90 Å². The fourth-order valence-electron chi connectivity index (χ4n) is 2.15. The fraction of sp³-hybridized carbons (Fsp3) is 0.533. The van der Waals surface area contributed by atoms with Crippen LogP contribution in [0.1, 0.15) is 38.6 Å². The molecule has 1 aromatic carbocycles. The molecule has 0 saturated carbocycles. The summed E-state index contributed by atoms with van der Waals surface area (Å²) in [5, 5.41) is 0. The van der Waals surface area contributed by atoms with Crippen LogP contribution >= 0.6 is 0 Å². The van der Waals surface area contributed by atoms with E-state index in [1.165, 1.54) is 0 Å². The molecule has 3 heteroatoms. The number of ether oxygens (including phenoxy) is 1. The Morgan fingerprint density at radius 3 is 2.56 bits per heavy atom. The van der Waals surface area contributed by atoms with Crippen molar-refractivity contribution in [2.75, 3.05) is 20.1 Å². The number of carbonyl (C=O) groups is 1. The number of piperidine rings is 1. The van der Waals surface area contributed by atoms with Gasteiger partial charge in [0.05, 0.1) is 6.85 Å². The third kappa shape index (κ3) is 2.72. The van der Waals surface area contributed by atoms with Crippen molar-refractivity contribution < 1.29 is 16.4 Å². The van der Waals surface area contributed by atoms with Crippen LogP contribution < -0.4 is 0 Å². The van der Waals surface area contributed by atoms with Gasteiger partial charge in [-0.05, 0) is 12.6 Å². The molecule has 3 nitrogen and oxygen atoms in total. The number of nitrogens with zero attached hydrogens (tertiary/aromatic N) is 1. The first-order valence-electron chi connectivity index (χ1n) is 8.71. The molecular formula is C15H21NO2. The van der Waals surface area contributed by atoms with Gasteiger partial charge in [0, 0.05) is 32.4 Å². The average molecular weight is 252 g/mol. The lowest BCUT2D eigenvalue weighted by molar-refractivity contribution is -0.166. The van der Waals surface area contributed by atoms with Gasteiger partial charge in [-0.25, -0.2) is 0 Å². The van der Waals surface area contributed by atoms with E-state index in [0.717, 1.165) is 0 Å². The van der Waals surface area contributed by atoms with Crippen LogP contribution in [0.5, 0.6) is 0 Å². The minimum Gasteiger partial charge on any atom is -0.454 e. The molecule has 1 heterocycles. The predicted molar refractivity (Wildman–Crippen MR) is 71.2 cm³/mol. The monoisotopic (exact) mass is 252 g/mol. The second kappa shape index (κ2) is 5.53. The SMILES string of the molecule is [2H]c1c([2H])c([2H])c(C2(OC(=O)CC)CCN(C)CC2)c([2H])c1[2H]. The van der Waals surface area contributed by atoms with Gasteiger partial charge in [-0.2, -0.15) is 0 Å². The molecule has 0 amide bonds. The highest BCUT2D eigenvalue weighted by Crippen LogP contribution is 2.36. The molecule has 1 aromatic rings. The van der Waals surface area contributed by atoms with Crippen molar-refractivity contribution >= 4 is 5.97 Å². The van der Waals surface area contributed by atoms with Crippen LogP contribution in [0, 0.1) is 0 Å². The van der Waals surface area contributed by atoms with E-state index >= 15 is 0 Å². The zero-order valence-electron chi connectivity index (χ0n) is 15.8. The average Bonchev–Trinajstić information content (AvgIpc) is 2.54. The molecule has 0 radical (unpaired) electrons. The molecule has 0 bridgehead atoms. The summed E-state index contributed by atoms with van der Waals surface area (Å²) in [5.74, 6) is -0.429. The first-order chi connectivity index (χ1) is 10.7. The number of esters is 1. The summed E-state index contributed by atoms with van der Waals surface area (Å²) < 4.78 is 45.4. The number of likely N-dealkylation sites (tertiary alicyclic amines) is 1. The van der Waals surface area contributed by atoms with Crippen LogP contribution in [0.2, 0.25) is 0 Å². The van der Waals surface area contributed by atoms with E-state index in [1.807, 2.05) is 7.05 Å². The molecule has 0 atom stereocenters. The van der Waals surface area contributed by atoms with Crippen molar-refractivity contribution in [3.8, 4) is 0 Å². The van der Waals surface area contributed by atoms with Gasteiger partial charge in [-0.1, -0.05) is 37.1 Å². The number of benzene rings is 1. The Morgan fingerprint density at radius 1 is 1.39 bits per heavy atom. The lowest BCUT2D eigenvalue weighted by Crippen LogP contribution is -2.43. The highest BCUT2D eigenvalue weighted by atomic mass is 16.6. The van der Waals surface area contributed by atoms with E-state index in [4.69, 9.17) is 11.6 Å². The molecule has 0 aliphatic carbocycles. The summed E-state index contributed by atoms with van der Waals surface area (Å²) >= 11 is 0. The molecule has 0 N–H and O–H groups in total. The maximum atomic E-state index is 11.9. The van der Waals surface area contributed by atoms with Crippen LogP contribution in [0.3, 0.4) is 0 Å². The van der Waals surface area contributed by atoms with Gasteiger partial charge in [-0.3, -0.25) is 4.79 Å². The number of hydrogen-bond acceptors (Lipinski definition) is 3. The van der Waals surface area contributed by atoms with Crippen molar-refractivity contribution in [1.82, 2.24) is 4.90 Å². The van der Waals surface area contributed by atoms with Gasteiger partial charge in [0.2, 0.25) is 0 Å². The van der Waals surface area contributed by atoms with Crippen LogP contribution in [-0.2, 0) is 15.1 Å². The molecule has 1 aliphatic heterocycles. The van der Waals surface area contributed by atoms with Crippen LogP contribution in [-0.4, -0.2) is 31.0 Å². The minimum absolute atomic E-state index is 0.0957. The number of carbonyl (C=O) groups excluding carboxylic acids is 1. The summed E-state index contributed by atoms with van der Waals surface area (Å²) in [6.07, 6.45) is 0.989. The smallest absolute Gasteiger partial charge is 0.306 e.